The number of carbonyl (C=O) groups excluding carboxylic acids is 1. The highest BCUT2D eigenvalue weighted by Gasteiger charge is 2.34. The number of aryl methyl sites for hydroxylation is 1. The van der Waals surface area contributed by atoms with Gasteiger partial charge in [-0.25, -0.2) is 4.98 Å². The SMILES string of the molecule is Cc1nn(-c2nncc(-c3ccccc3)n2)c2c1[C@@H](c1ccccc1Cl)CC(=O)N2. The van der Waals surface area contributed by atoms with Crippen molar-refractivity contribution in [1.82, 2.24) is 25.0 Å². The van der Waals surface area contributed by atoms with E-state index in [9.17, 15) is 4.79 Å². The molecule has 2 aromatic carbocycles. The summed E-state index contributed by atoms with van der Waals surface area (Å²) in [6, 6.07) is 17.3. The summed E-state index contributed by atoms with van der Waals surface area (Å²) in [4.78, 5) is 17.2. The van der Waals surface area contributed by atoms with Crippen molar-refractivity contribution < 1.29 is 4.79 Å². The summed E-state index contributed by atoms with van der Waals surface area (Å²) >= 11 is 6.44. The smallest absolute Gasteiger partial charge is 0.272 e. The first-order valence-electron chi connectivity index (χ1n) is 9.51. The Kier molecular flexibility index (Phi) is 4.52. The van der Waals surface area contributed by atoms with Crippen molar-refractivity contribution in [3.05, 3.63) is 82.6 Å². The van der Waals surface area contributed by atoms with Gasteiger partial charge in [0.15, 0.2) is 0 Å². The molecule has 7 nitrogen and oxygen atoms in total. The molecule has 0 bridgehead atoms. The van der Waals surface area contributed by atoms with Crippen LogP contribution in [0.15, 0.2) is 60.8 Å². The first kappa shape index (κ1) is 18.4. The molecule has 4 aromatic rings. The monoisotopic (exact) mass is 416 g/mol. The van der Waals surface area contributed by atoms with E-state index in [0.29, 0.717) is 28.9 Å². The lowest BCUT2D eigenvalue weighted by molar-refractivity contribution is -0.116. The number of halogens is 1. The first-order valence-corrected chi connectivity index (χ1v) is 9.89. The van der Waals surface area contributed by atoms with E-state index in [4.69, 9.17) is 11.6 Å². The highest BCUT2D eigenvalue weighted by Crippen LogP contribution is 2.41. The Morgan fingerprint density at radius 2 is 1.87 bits per heavy atom. The van der Waals surface area contributed by atoms with Crippen LogP contribution in [0.3, 0.4) is 0 Å². The van der Waals surface area contributed by atoms with Crippen LogP contribution in [0, 0.1) is 6.92 Å². The second-order valence-electron chi connectivity index (χ2n) is 7.09. The maximum atomic E-state index is 12.6. The molecule has 30 heavy (non-hydrogen) atoms. The maximum Gasteiger partial charge on any atom is 0.272 e. The normalized spacial score (nSPS) is 15.5. The summed E-state index contributed by atoms with van der Waals surface area (Å²) in [6.07, 6.45) is 1.90. The van der Waals surface area contributed by atoms with Crippen molar-refractivity contribution in [3.63, 3.8) is 0 Å². The zero-order chi connectivity index (χ0) is 20.7. The van der Waals surface area contributed by atoms with Gasteiger partial charge < -0.3 is 5.32 Å². The fourth-order valence-corrected chi connectivity index (χ4v) is 4.11. The summed E-state index contributed by atoms with van der Waals surface area (Å²) < 4.78 is 1.55. The third kappa shape index (κ3) is 3.13. The van der Waals surface area contributed by atoms with Gasteiger partial charge in [-0.2, -0.15) is 14.9 Å². The maximum absolute atomic E-state index is 12.6. The molecule has 3 heterocycles. The Balaban J connectivity index is 1.64. The van der Waals surface area contributed by atoms with Gasteiger partial charge in [0.25, 0.3) is 5.95 Å². The Morgan fingerprint density at radius 1 is 1.10 bits per heavy atom. The molecule has 1 N–H and O–H groups in total. The Morgan fingerprint density at radius 3 is 2.67 bits per heavy atom. The molecule has 0 saturated carbocycles. The van der Waals surface area contributed by atoms with E-state index >= 15 is 0 Å². The van der Waals surface area contributed by atoms with Crippen molar-refractivity contribution >= 4 is 23.3 Å². The van der Waals surface area contributed by atoms with Crippen molar-refractivity contribution in [2.75, 3.05) is 5.32 Å². The molecule has 1 aliphatic heterocycles. The highest BCUT2D eigenvalue weighted by atomic mass is 35.5. The van der Waals surface area contributed by atoms with Gasteiger partial charge in [0.2, 0.25) is 5.91 Å². The predicted molar refractivity (Wildman–Crippen MR) is 114 cm³/mol. The van der Waals surface area contributed by atoms with Crippen LogP contribution in [0.2, 0.25) is 5.02 Å². The van der Waals surface area contributed by atoms with E-state index in [2.05, 4.69) is 25.6 Å². The number of benzene rings is 2. The Hall–Kier alpha value is -3.58. The number of carbonyl (C=O) groups is 1. The van der Waals surface area contributed by atoms with E-state index in [1.807, 2.05) is 61.5 Å². The molecule has 2 aromatic heterocycles. The molecule has 0 fully saturated rings. The van der Waals surface area contributed by atoms with Gasteiger partial charge in [-0.15, -0.1) is 5.10 Å². The van der Waals surface area contributed by atoms with Gasteiger partial charge in [0.05, 0.1) is 17.6 Å². The van der Waals surface area contributed by atoms with Crippen LogP contribution in [0.5, 0.6) is 0 Å². The van der Waals surface area contributed by atoms with Crippen molar-refractivity contribution in [2.45, 2.75) is 19.3 Å². The summed E-state index contributed by atoms with van der Waals surface area (Å²) in [5.41, 5.74) is 4.19. The lowest BCUT2D eigenvalue weighted by Gasteiger charge is -2.24. The fraction of sp³-hybridized carbons (Fsp3) is 0.136. The molecule has 0 unspecified atom stereocenters. The second-order valence-corrected chi connectivity index (χ2v) is 7.50. The average Bonchev–Trinajstić information content (AvgIpc) is 3.10. The molecular formula is C22H17ClN6O. The summed E-state index contributed by atoms with van der Waals surface area (Å²) in [7, 11) is 0. The van der Waals surface area contributed by atoms with E-state index < -0.39 is 0 Å². The average molecular weight is 417 g/mol. The van der Waals surface area contributed by atoms with Crippen LogP contribution in [-0.4, -0.2) is 30.9 Å². The molecule has 0 saturated heterocycles. The van der Waals surface area contributed by atoms with Crippen molar-refractivity contribution in [3.8, 4) is 17.2 Å². The molecule has 1 atom stereocenters. The summed E-state index contributed by atoms with van der Waals surface area (Å²) in [5, 5.41) is 16.4. The zero-order valence-corrected chi connectivity index (χ0v) is 16.8. The summed E-state index contributed by atoms with van der Waals surface area (Å²) in [5.74, 6) is 0.545. The van der Waals surface area contributed by atoms with Gasteiger partial charge in [-0.1, -0.05) is 60.1 Å². The molecule has 0 aliphatic carbocycles. The minimum atomic E-state index is -0.193. The van der Waals surface area contributed by atoms with Crippen LogP contribution in [0.4, 0.5) is 5.82 Å². The number of fused-ring (bicyclic) bond motifs is 1. The molecule has 148 valence electrons. The molecule has 8 heteroatoms. The zero-order valence-electron chi connectivity index (χ0n) is 16.1. The minimum Gasteiger partial charge on any atom is -0.310 e. The van der Waals surface area contributed by atoms with Crippen LogP contribution in [0.25, 0.3) is 17.2 Å². The second kappa shape index (κ2) is 7.35. The number of hydrogen-bond donors (Lipinski definition) is 1. The lowest BCUT2D eigenvalue weighted by atomic mass is 9.86. The standard InChI is InChI=1S/C22H17ClN6O/c1-13-20-16(15-9-5-6-10-17(15)23)11-19(30)26-21(20)29(28-13)22-25-18(12-24-27-22)14-7-3-2-4-8-14/h2-10,12,16H,11H2,1H3,(H,26,30)/t16-/m1/s1. The third-order valence-electron chi connectivity index (χ3n) is 5.19. The van der Waals surface area contributed by atoms with E-state index in [1.165, 1.54) is 0 Å². The first-order chi connectivity index (χ1) is 14.6. The van der Waals surface area contributed by atoms with Crippen molar-refractivity contribution in [1.29, 1.82) is 0 Å². The quantitative estimate of drug-likeness (QED) is 0.542. The number of hydrogen-bond acceptors (Lipinski definition) is 5. The van der Waals surface area contributed by atoms with Crippen LogP contribution < -0.4 is 5.32 Å². The molecule has 1 amide bonds. The highest BCUT2D eigenvalue weighted by molar-refractivity contribution is 6.31. The number of anilines is 1. The van der Waals surface area contributed by atoms with Crippen LogP contribution >= 0.6 is 11.6 Å². The molecule has 0 spiro atoms. The minimum absolute atomic E-state index is 0.110. The summed E-state index contributed by atoms with van der Waals surface area (Å²) in [6.45, 7) is 1.91. The van der Waals surface area contributed by atoms with Gasteiger partial charge in [-0.3, -0.25) is 4.79 Å². The van der Waals surface area contributed by atoms with Crippen LogP contribution in [0.1, 0.15) is 29.2 Å². The molecule has 1 aliphatic rings. The molecular weight excluding hydrogens is 400 g/mol. The Labute approximate surface area is 177 Å². The van der Waals surface area contributed by atoms with E-state index in [-0.39, 0.29) is 11.8 Å². The van der Waals surface area contributed by atoms with Gasteiger partial charge in [-0.05, 0) is 18.6 Å². The number of nitrogens with one attached hydrogen (secondary N) is 1. The largest absolute Gasteiger partial charge is 0.310 e. The van der Waals surface area contributed by atoms with Crippen molar-refractivity contribution in [2.24, 2.45) is 0 Å². The van der Waals surface area contributed by atoms with E-state index in [1.54, 1.807) is 10.9 Å². The number of rotatable bonds is 3. The lowest BCUT2D eigenvalue weighted by Crippen LogP contribution is -2.25. The number of aromatic nitrogens is 5. The topological polar surface area (TPSA) is 85.6 Å². The number of nitrogens with zero attached hydrogens (tertiary/aromatic N) is 5. The third-order valence-corrected chi connectivity index (χ3v) is 5.53. The van der Waals surface area contributed by atoms with Gasteiger partial charge >= 0.3 is 0 Å². The van der Waals surface area contributed by atoms with Gasteiger partial charge in [0, 0.05) is 28.5 Å². The van der Waals surface area contributed by atoms with Gasteiger partial charge in [0.1, 0.15) is 5.82 Å². The van der Waals surface area contributed by atoms with E-state index in [0.717, 1.165) is 22.4 Å². The predicted octanol–water partition coefficient (Wildman–Crippen LogP) is 4.16. The molecule has 5 rings (SSSR count). The Bertz CT molecular complexity index is 1250. The van der Waals surface area contributed by atoms with Crippen LogP contribution in [-0.2, 0) is 4.79 Å². The fourth-order valence-electron chi connectivity index (χ4n) is 3.85. The number of amides is 1. The molecule has 0 radical (unpaired) electrons.